The van der Waals surface area contributed by atoms with Crippen molar-refractivity contribution in [2.45, 2.75) is 6.42 Å². The van der Waals surface area contributed by atoms with E-state index in [2.05, 4.69) is 5.32 Å². The molecule has 0 aliphatic heterocycles. The number of carbonyl (C=O) groups excluding carboxylic acids is 1. The fourth-order valence-corrected chi connectivity index (χ4v) is 1.41. The van der Waals surface area contributed by atoms with E-state index in [1.807, 2.05) is 6.07 Å². The summed E-state index contributed by atoms with van der Waals surface area (Å²) in [6.07, 6.45) is -0.441. The monoisotopic (exact) mass is 261 g/mol. The maximum atomic E-state index is 11.7. The number of benzene rings is 1. The van der Waals surface area contributed by atoms with Crippen molar-refractivity contribution < 1.29 is 14.7 Å². The summed E-state index contributed by atoms with van der Waals surface area (Å²) < 4.78 is 0. The summed E-state index contributed by atoms with van der Waals surface area (Å²) in [7, 11) is 1.48. The second-order valence-electron chi connectivity index (χ2n) is 4.00. The van der Waals surface area contributed by atoms with Gasteiger partial charge in [0.1, 0.15) is 0 Å². The predicted molar refractivity (Wildman–Crippen MR) is 68.8 cm³/mol. The lowest BCUT2D eigenvalue weighted by atomic mass is 10.1. The zero-order chi connectivity index (χ0) is 14.3. The molecule has 0 unspecified atom stereocenters. The van der Waals surface area contributed by atoms with Gasteiger partial charge in [0.15, 0.2) is 0 Å². The van der Waals surface area contributed by atoms with Gasteiger partial charge in [-0.3, -0.25) is 4.79 Å². The van der Waals surface area contributed by atoms with Crippen molar-refractivity contribution >= 4 is 12.0 Å². The van der Waals surface area contributed by atoms with Crippen LogP contribution >= 0.6 is 0 Å². The third-order valence-corrected chi connectivity index (χ3v) is 2.56. The normalized spacial score (nSPS) is 9.47. The first kappa shape index (κ1) is 14.5. The van der Waals surface area contributed by atoms with Crippen molar-refractivity contribution in [1.29, 1.82) is 5.26 Å². The van der Waals surface area contributed by atoms with Gasteiger partial charge >= 0.3 is 6.09 Å². The number of nitrogens with zero attached hydrogens (tertiary/aromatic N) is 2. The Bertz CT molecular complexity index is 491. The standard InChI is InChI=1S/C13H15N3O3/c1-16(13(18)19)8-2-7-15-12(17)11-5-3-10(9-14)4-6-11/h3-6H,2,7-8H2,1H3,(H,15,17)(H,18,19). The number of nitrogens with one attached hydrogen (secondary N) is 1. The summed E-state index contributed by atoms with van der Waals surface area (Å²) in [4.78, 5) is 23.4. The fraction of sp³-hybridized carbons (Fsp3) is 0.308. The SMILES string of the molecule is CN(CCCNC(=O)c1ccc(C#N)cc1)C(=O)O. The van der Waals surface area contributed by atoms with Crippen molar-refractivity contribution in [1.82, 2.24) is 10.2 Å². The van der Waals surface area contributed by atoms with Crippen molar-refractivity contribution in [3.05, 3.63) is 35.4 Å². The number of nitriles is 1. The van der Waals surface area contributed by atoms with Crippen molar-refractivity contribution in [2.24, 2.45) is 0 Å². The second kappa shape index (κ2) is 7.01. The van der Waals surface area contributed by atoms with Crippen LogP contribution in [0.15, 0.2) is 24.3 Å². The van der Waals surface area contributed by atoms with Gasteiger partial charge in [0.2, 0.25) is 0 Å². The molecule has 19 heavy (non-hydrogen) atoms. The molecule has 0 heterocycles. The molecule has 0 aliphatic carbocycles. The molecule has 6 heteroatoms. The molecule has 0 aliphatic rings. The molecule has 6 nitrogen and oxygen atoms in total. The molecule has 1 rings (SSSR count). The minimum Gasteiger partial charge on any atom is -0.465 e. The smallest absolute Gasteiger partial charge is 0.407 e. The zero-order valence-corrected chi connectivity index (χ0v) is 10.6. The molecule has 0 saturated heterocycles. The van der Waals surface area contributed by atoms with E-state index in [1.165, 1.54) is 7.05 Å². The minimum absolute atomic E-state index is 0.234. The van der Waals surface area contributed by atoms with Crippen LogP contribution in [0.4, 0.5) is 4.79 Å². The van der Waals surface area contributed by atoms with Gasteiger partial charge in [-0.05, 0) is 30.7 Å². The predicted octanol–water partition coefficient (Wildman–Crippen LogP) is 1.29. The average Bonchev–Trinajstić information content (AvgIpc) is 2.43. The fourth-order valence-electron chi connectivity index (χ4n) is 1.41. The molecule has 0 fully saturated rings. The van der Waals surface area contributed by atoms with Gasteiger partial charge in [-0.25, -0.2) is 4.79 Å². The van der Waals surface area contributed by atoms with Crippen molar-refractivity contribution in [3.63, 3.8) is 0 Å². The highest BCUT2D eigenvalue weighted by atomic mass is 16.4. The molecule has 2 N–H and O–H groups in total. The van der Waals surface area contributed by atoms with E-state index in [-0.39, 0.29) is 5.91 Å². The van der Waals surface area contributed by atoms with E-state index in [9.17, 15) is 9.59 Å². The summed E-state index contributed by atoms with van der Waals surface area (Å²) in [5.74, 6) is -0.234. The summed E-state index contributed by atoms with van der Waals surface area (Å²) >= 11 is 0. The van der Waals surface area contributed by atoms with Gasteiger partial charge < -0.3 is 15.3 Å². The Labute approximate surface area is 111 Å². The van der Waals surface area contributed by atoms with E-state index in [1.54, 1.807) is 24.3 Å². The first-order valence-electron chi connectivity index (χ1n) is 5.77. The molecule has 0 spiro atoms. The third kappa shape index (κ3) is 4.68. The Hall–Kier alpha value is -2.55. The molecular formula is C13H15N3O3. The summed E-state index contributed by atoms with van der Waals surface area (Å²) in [5, 5.41) is 20.0. The molecule has 1 aromatic carbocycles. The molecule has 0 atom stereocenters. The highest BCUT2D eigenvalue weighted by molar-refractivity contribution is 5.94. The molecule has 0 bridgehead atoms. The number of rotatable bonds is 5. The number of hydrogen-bond donors (Lipinski definition) is 2. The second-order valence-corrected chi connectivity index (χ2v) is 4.00. The molecule has 2 amide bonds. The lowest BCUT2D eigenvalue weighted by molar-refractivity contribution is 0.0952. The largest absolute Gasteiger partial charge is 0.465 e. The molecule has 0 aromatic heterocycles. The average molecular weight is 261 g/mol. The number of amides is 2. The van der Waals surface area contributed by atoms with E-state index < -0.39 is 6.09 Å². The minimum atomic E-state index is -0.988. The topological polar surface area (TPSA) is 93.4 Å². The summed E-state index contributed by atoms with van der Waals surface area (Å²) in [6, 6.07) is 8.29. The van der Waals surface area contributed by atoms with Crippen LogP contribution in [-0.2, 0) is 0 Å². The van der Waals surface area contributed by atoms with E-state index in [0.717, 1.165) is 4.90 Å². The Morgan fingerprint density at radius 1 is 1.37 bits per heavy atom. The van der Waals surface area contributed by atoms with Crippen LogP contribution in [0.3, 0.4) is 0 Å². The van der Waals surface area contributed by atoms with Crippen LogP contribution in [0.25, 0.3) is 0 Å². The number of carboxylic acid groups (broad SMARTS) is 1. The lowest BCUT2D eigenvalue weighted by Crippen LogP contribution is -2.30. The molecule has 100 valence electrons. The number of hydrogen-bond acceptors (Lipinski definition) is 3. The highest BCUT2D eigenvalue weighted by Gasteiger charge is 2.06. The van der Waals surface area contributed by atoms with Crippen LogP contribution in [0.1, 0.15) is 22.3 Å². The van der Waals surface area contributed by atoms with E-state index in [4.69, 9.17) is 10.4 Å². The van der Waals surface area contributed by atoms with Crippen LogP contribution in [-0.4, -0.2) is 42.1 Å². The van der Waals surface area contributed by atoms with Crippen molar-refractivity contribution in [3.8, 4) is 6.07 Å². The van der Waals surface area contributed by atoms with Gasteiger partial charge in [0.05, 0.1) is 11.6 Å². The van der Waals surface area contributed by atoms with Gasteiger partial charge in [0, 0.05) is 25.7 Å². The first-order chi connectivity index (χ1) is 9.04. The molecule has 0 radical (unpaired) electrons. The third-order valence-electron chi connectivity index (χ3n) is 2.56. The van der Waals surface area contributed by atoms with Gasteiger partial charge in [-0.1, -0.05) is 0 Å². The highest BCUT2D eigenvalue weighted by Crippen LogP contribution is 2.03. The van der Waals surface area contributed by atoms with E-state index in [0.29, 0.717) is 30.6 Å². The Morgan fingerprint density at radius 2 is 2.00 bits per heavy atom. The lowest BCUT2D eigenvalue weighted by Gasteiger charge is -2.12. The molecule has 1 aromatic rings. The van der Waals surface area contributed by atoms with Crippen LogP contribution in [0.2, 0.25) is 0 Å². The van der Waals surface area contributed by atoms with E-state index >= 15 is 0 Å². The van der Waals surface area contributed by atoms with Crippen molar-refractivity contribution in [2.75, 3.05) is 20.1 Å². The molecule has 0 saturated carbocycles. The van der Waals surface area contributed by atoms with Gasteiger partial charge in [0.25, 0.3) is 5.91 Å². The number of carbonyl (C=O) groups is 2. The quantitative estimate of drug-likeness (QED) is 0.781. The maximum absolute atomic E-state index is 11.7. The first-order valence-corrected chi connectivity index (χ1v) is 5.77. The van der Waals surface area contributed by atoms with Crippen LogP contribution in [0, 0.1) is 11.3 Å². The maximum Gasteiger partial charge on any atom is 0.407 e. The molecular weight excluding hydrogens is 246 g/mol. The zero-order valence-electron chi connectivity index (χ0n) is 10.6. The summed E-state index contributed by atoms with van der Waals surface area (Å²) in [6.45, 7) is 0.763. The van der Waals surface area contributed by atoms with Crippen LogP contribution in [0.5, 0.6) is 0 Å². The summed E-state index contributed by atoms with van der Waals surface area (Å²) in [5.41, 5.74) is 0.977. The van der Waals surface area contributed by atoms with Gasteiger partial charge in [-0.15, -0.1) is 0 Å². The Morgan fingerprint density at radius 3 is 2.53 bits per heavy atom. The Kier molecular flexibility index (Phi) is 5.35. The van der Waals surface area contributed by atoms with Crippen LogP contribution < -0.4 is 5.32 Å². The Balaban J connectivity index is 2.35. The van der Waals surface area contributed by atoms with Gasteiger partial charge in [-0.2, -0.15) is 5.26 Å².